The third-order valence-corrected chi connectivity index (χ3v) is 9.13. The molecule has 3 fully saturated rings. The average Bonchev–Trinajstić information content (AvgIpc) is 3.17. The van der Waals surface area contributed by atoms with Gasteiger partial charge in [0.2, 0.25) is 5.60 Å². The number of carboxylic acids is 2. The maximum atomic E-state index is 13.1. The maximum Gasteiger partial charge on any atom is 0.349 e. The van der Waals surface area contributed by atoms with Crippen LogP contribution >= 0.6 is 22.7 Å². The van der Waals surface area contributed by atoms with Crippen LogP contribution in [-0.4, -0.2) is 105 Å². The van der Waals surface area contributed by atoms with Crippen LogP contribution in [0.15, 0.2) is 35.0 Å². The lowest BCUT2D eigenvalue weighted by atomic mass is 9.95. The number of thiophene rings is 2. The number of nitrogens with zero attached hydrogens (tertiary/aromatic N) is 1. The van der Waals surface area contributed by atoms with E-state index in [1.807, 2.05) is 22.9 Å². The molecule has 2 bridgehead atoms. The lowest BCUT2D eigenvalue weighted by molar-refractivity contribution is -0.938. The highest BCUT2D eigenvalue weighted by Crippen LogP contribution is 2.52. The number of epoxide rings is 1. The number of ether oxygens (including phenoxy) is 2. The van der Waals surface area contributed by atoms with Gasteiger partial charge in [0, 0.05) is 12.8 Å². The van der Waals surface area contributed by atoms with Gasteiger partial charge in [-0.1, -0.05) is 12.1 Å². The lowest BCUT2D eigenvalue weighted by Gasteiger charge is -2.45. The summed E-state index contributed by atoms with van der Waals surface area (Å²) in [5.74, 6) is -4.10. The molecule has 0 spiro atoms. The number of fused-ring (bicyclic) bond motifs is 5. The molecular weight excluding hydrogens is 514 g/mol. The van der Waals surface area contributed by atoms with E-state index in [0.717, 1.165) is 17.3 Å². The van der Waals surface area contributed by atoms with Crippen LogP contribution < -0.4 is 0 Å². The molecule has 2 aromatic rings. The minimum atomic E-state index is -2.27. The number of carbonyl (C=O) groups is 3. The van der Waals surface area contributed by atoms with Crippen molar-refractivity contribution in [3.63, 3.8) is 0 Å². The predicted molar refractivity (Wildman–Crippen MR) is 126 cm³/mol. The van der Waals surface area contributed by atoms with E-state index >= 15 is 0 Å². The van der Waals surface area contributed by atoms with Gasteiger partial charge in [0.15, 0.2) is 12.2 Å². The first kappa shape index (κ1) is 26.7. The number of piperidine rings is 1. The summed E-state index contributed by atoms with van der Waals surface area (Å²) in [5.41, 5.74) is -1.72. The first-order valence-corrected chi connectivity index (χ1v) is 13.0. The van der Waals surface area contributed by atoms with E-state index < -0.39 is 35.7 Å². The first-order chi connectivity index (χ1) is 16.9. The van der Waals surface area contributed by atoms with E-state index in [0.29, 0.717) is 34.0 Å². The third-order valence-electron chi connectivity index (χ3n) is 7.17. The van der Waals surface area contributed by atoms with E-state index in [2.05, 4.69) is 14.1 Å². The summed E-state index contributed by atoms with van der Waals surface area (Å²) in [6.07, 6.45) is -2.48. The number of hydrogen-bond acceptors (Lipinski definition) is 10. The fraction of sp³-hybridized carbons (Fsp3) is 0.522. The molecule has 0 radical (unpaired) electrons. The SMILES string of the molecule is C[N+]1(C)C2CC(OC(=O)C(O)(c3cccs3)c3cccs3)CC1C1OC12.O=C(O)[C@H](O)[C@@H](O)C(=O)O. The molecule has 0 aliphatic carbocycles. The first-order valence-electron chi connectivity index (χ1n) is 11.2. The van der Waals surface area contributed by atoms with Crippen LogP contribution in [0.3, 0.4) is 0 Å². The molecule has 5 N–H and O–H groups in total. The second kappa shape index (κ2) is 9.82. The molecule has 13 heteroatoms. The predicted octanol–water partition coefficient (Wildman–Crippen LogP) is 0.223. The molecule has 0 amide bonds. The number of rotatable bonds is 7. The molecule has 6 atom stereocenters. The van der Waals surface area contributed by atoms with Crippen LogP contribution in [0.2, 0.25) is 0 Å². The average molecular weight is 543 g/mol. The van der Waals surface area contributed by atoms with Crippen LogP contribution in [0.25, 0.3) is 0 Å². The van der Waals surface area contributed by atoms with E-state index in [4.69, 9.17) is 29.9 Å². The number of aliphatic carboxylic acids is 2. The number of esters is 1. The van der Waals surface area contributed by atoms with Gasteiger partial charge in [-0.2, -0.15) is 0 Å². The highest BCUT2D eigenvalue weighted by Gasteiger charge is 2.71. The molecule has 2 aromatic heterocycles. The number of aliphatic hydroxyl groups is 3. The van der Waals surface area contributed by atoms with Crippen molar-refractivity contribution in [2.75, 3.05) is 14.1 Å². The number of hydrogen-bond donors (Lipinski definition) is 5. The van der Waals surface area contributed by atoms with Crippen LogP contribution in [0.4, 0.5) is 0 Å². The number of likely N-dealkylation sites (N-methyl/N-ethyl adjacent to an activating group) is 1. The van der Waals surface area contributed by atoms with Gasteiger partial charge < -0.3 is 39.5 Å². The van der Waals surface area contributed by atoms with Gasteiger partial charge in [-0.3, -0.25) is 0 Å². The Bertz CT molecular complexity index is 1030. The van der Waals surface area contributed by atoms with Crippen LogP contribution in [-0.2, 0) is 29.5 Å². The molecule has 3 saturated heterocycles. The normalized spacial score (nSPS) is 29.2. The summed E-state index contributed by atoms with van der Waals surface area (Å²) in [6, 6.07) is 8.01. The summed E-state index contributed by atoms with van der Waals surface area (Å²) in [5, 5.41) is 47.6. The number of carbonyl (C=O) groups excluding carboxylic acids is 1. The summed E-state index contributed by atoms with van der Waals surface area (Å²) in [6.45, 7) is 0. The minimum Gasteiger partial charge on any atom is -0.479 e. The van der Waals surface area contributed by atoms with Gasteiger partial charge in [-0.25, -0.2) is 14.4 Å². The molecule has 0 aromatic carbocycles. The van der Waals surface area contributed by atoms with Crippen molar-refractivity contribution in [2.45, 2.75) is 61.0 Å². The number of aliphatic hydroxyl groups excluding tert-OH is 2. The van der Waals surface area contributed by atoms with E-state index in [1.54, 1.807) is 12.1 Å². The van der Waals surface area contributed by atoms with Crippen molar-refractivity contribution in [1.82, 2.24) is 0 Å². The maximum absolute atomic E-state index is 13.1. The van der Waals surface area contributed by atoms with Crippen molar-refractivity contribution >= 4 is 40.6 Å². The molecule has 36 heavy (non-hydrogen) atoms. The summed E-state index contributed by atoms with van der Waals surface area (Å²) in [4.78, 5) is 33.9. The zero-order chi connectivity index (χ0) is 26.4. The van der Waals surface area contributed by atoms with Gasteiger partial charge in [0.25, 0.3) is 0 Å². The molecule has 3 aliphatic heterocycles. The molecule has 3 aliphatic rings. The van der Waals surface area contributed by atoms with Crippen LogP contribution in [0.5, 0.6) is 0 Å². The van der Waals surface area contributed by atoms with Gasteiger partial charge in [-0.05, 0) is 22.9 Å². The van der Waals surface area contributed by atoms with Gasteiger partial charge in [0.05, 0.1) is 23.8 Å². The largest absolute Gasteiger partial charge is 0.479 e. The Morgan fingerprint density at radius 3 is 1.78 bits per heavy atom. The van der Waals surface area contributed by atoms with Crippen LogP contribution in [0, 0.1) is 0 Å². The molecule has 5 heterocycles. The Morgan fingerprint density at radius 2 is 1.42 bits per heavy atom. The van der Waals surface area contributed by atoms with Crippen molar-refractivity contribution in [3.8, 4) is 0 Å². The Morgan fingerprint density at radius 1 is 0.972 bits per heavy atom. The van der Waals surface area contributed by atoms with Crippen molar-refractivity contribution in [3.05, 3.63) is 44.8 Å². The summed E-state index contributed by atoms with van der Waals surface area (Å²) >= 11 is 2.74. The summed E-state index contributed by atoms with van der Waals surface area (Å²) in [7, 11) is 4.49. The van der Waals surface area contributed by atoms with Gasteiger partial charge in [-0.15, -0.1) is 22.7 Å². The second-order valence-corrected chi connectivity index (χ2v) is 11.5. The standard InChI is InChI=1S/C19H22NO4S2.C4H6O6/c1-20(2)12-9-11(10-13(20)17-16(12)24-17)23-18(21)19(22,14-5-3-7-25-14)15-6-4-8-26-15;5-1(3(7)8)2(6)4(9)10/h3-8,11-13,16-17,22H,9-10H2,1-2H3;1-2,5-6H,(H,7,8)(H,9,10)/q+1;/t;1-,2-/m.1/s1. The number of quaternary nitrogens is 1. The second-order valence-electron chi connectivity index (χ2n) is 9.56. The Labute approximate surface area is 214 Å². The molecule has 11 nitrogen and oxygen atoms in total. The van der Waals surface area contributed by atoms with Crippen molar-refractivity contribution in [2.24, 2.45) is 0 Å². The zero-order valence-corrected chi connectivity index (χ0v) is 21.1. The van der Waals surface area contributed by atoms with Crippen LogP contribution in [0.1, 0.15) is 22.6 Å². The summed E-state index contributed by atoms with van der Waals surface area (Å²) < 4.78 is 12.6. The highest BCUT2D eigenvalue weighted by atomic mass is 32.1. The molecule has 5 rings (SSSR count). The molecule has 196 valence electrons. The monoisotopic (exact) mass is 542 g/mol. The number of carboxylic acid groups (broad SMARTS) is 2. The third kappa shape index (κ3) is 4.67. The molecule has 0 saturated carbocycles. The van der Waals surface area contributed by atoms with Crippen molar-refractivity contribution < 1.29 is 53.9 Å². The molecular formula is C23H28NO10S2+. The minimum absolute atomic E-state index is 0.161. The van der Waals surface area contributed by atoms with Gasteiger partial charge in [0.1, 0.15) is 30.4 Å². The lowest BCUT2D eigenvalue weighted by Crippen LogP contribution is -2.60. The highest BCUT2D eigenvalue weighted by molar-refractivity contribution is 7.12. The Hall–Kier alpha value is -2.39. The fourth-order valence-corrected chi connectivity index (χ4v) is 6.81. The Balaban J connectivity index is 0.000000261. The topological polar surface area (TPSA) is 174 Å². The smallest absolute Gasteiger partial charge is 0.349 e. The number of morpholine rings is 1. The van der Waals surface area contributed by atoms with E-state index in [1.165, 1.54) is 22.7 Å². The Kier molecular flexibility index (Phi) is 7.27. The van der Waals surface area contributed by atoms with Crippen molar-refractivity contribution in [1.29, 1.82) is 0 Å². The molecule has 4 unspecified atom stereocenters. The quantitative estimate of drug-likeness (QED) is 0.185. The van der Waals surface area contributed by atoms with Gasteiger partial charge >= 0.3 is 17.9 Å². The van der Waals surface area contributed by atoms with E-state index in [9.17, 15) is 19.5 Å². The zero-order valence-electron chi connectivity index (χ0n) is 19.5. The fourth-order valence-electron chi connectivity index (χ4n) is 5.10. The van der Waals surface area contributed by atoms with E-state index in [-0.39, 0.29) is 6.10 Å².